The van der Waals surface area contributed by atoms with Crippen molar-refractivity contribution < 1.29 is 10.0 Å². The lowest BCUT2D eigenvalue weighted by molar-refractivity contribution is -0.127. The monoisotopic (exact) mass is 277 g/mol. The second-order valence-electron chi connectivity index (χ2n) is 5.02. The standard InChI is InChI=1S/C15H23N3O2/c1-3-15(2,13(16)18-20)14(19)17-11-7-10-12-8-5-4-6-9-12/h4-6,8-9,20H,3,7,10-11H2,1-2H3,(H2,16,18)(H,17,19). The van der Waals surface area contributed by atoms with E-state index in [-0.39, 0.29) is 11.7 Å². The third-order valence-electron chi connectivity index (χ3n) is 3.65. The van der Waals surface area contributed by atoms with Crippen LogP contribution in [0.5, 0.6) is 0 Å². The van der Waals surface area contributed by atoms with E-state index in [1.165, 1.54) is 5.56 Å². The van der Waals surface area contributed by atoms with Crippen LogP contribution in [0.4, 0.5) is 0 Å². The molecule has 20 heavy (non-hydrogen) atoms. The van der Waals surface area contributed by atoms with E-state index in [2.05, 4.69) is 22.6 Å². The van der Waals surface area contributed by atoms with Crippen LogP contribution in [0.3, 0.4) is 0 Å². The van der Waals surface area contributed by atoms with Crippen molar-refractivity contribution in [3.05, 3.63) is 35.9 Å². The third-order valence-corrected chi connectivity index (χ3v) is 3.65. The van der Waals surface area contributed by atoms with Gasteiger partial charge in [-0.3, -0.25) is 4.79 Å². The van der Waals surface area contributed by atoms with E-state index in [1.807, 2.05) is 25.1 Å². The Labute approximate surface area is 119 Å². The number of carbonyl (C=O) groups excluding carboxylic acids is 1. The molecule has 1 amide bonds. The molecule has 1 unspecified atom stereocenters. The first-order valence-electron chi connectivity index (χ1n) is 6.84. The summed E-state index contributed by atoms with van der Waals surface area (Å²) in [5.74, 6) is -0.260. The number of amidine groups is 1. The van der Waals surface area contributed by atoms with Crippen LogP contribution in [-0.4, -0.2) is 23.5 Å². The summed E-state index contributed by atoms with van der Waals surface area (Å²) in [6, 6.07) is 10.1. The molecular formula is C15H23N3O2. The lowest BCUT2D eigenvalue weighted by Crippen LogP contribution is -2.47. The van der Waals surface area contributed by atoms with Gasteiger partial charge < -0.3 is 16.3 Å². The van der Waals surface area contributed by atoms with Crippen LogP contribution in [0.15, 0.2) is 35.5 Å². The van der Waals surface area contributed by atoms with Crippen molar-refractivity contribution in [1.82, 2.24) is 5.32 Å². The summed E-state index contributed by atoms with van der Waals surface area (Å²) in [6.07, 6.45) is 2.24. The molecule has 1 rings (SSSR count). The van der Waals surface area contributed by atoms with Gasteiger partial charge >= 0.3 is 0 Å². The summed E-state index contributed by atoms with van der Waals surface area (Å²) in [5, 5.41) is 14.6. The summed E-state index contributed by atoms with van der Waals surface area (Å²) in [6.45, 7) is 4.08. The number of rotatable bonds is 7. The number of nitrogens with two attached hydrogens (primary N) is 1. The second kappa shape index (κ2) is 7.53. The second-order valence-corrected chi connectivity index (χ2v) is 5.02. The van der Waals surface area contributed by atoms with Crippen LogP contribution < -0.4 is 11.1 Å². The average Bonchev–Trinajstić information content (AvgIpc) is 2.50. The van der Waals surface area contributed by atoms with Gasteiger partial charge in [0.15, 0.2) is 5.84 Å². The molecule has 0 saturated carbocycles. The maximum Gasteiger partial charge on any atom is 0.233 e. The minimum Gasteiger partial charge on any atom is -0.409 e. The Morgan fingerprint density at radius 2 is 2.05 bits per heavy atom. The van der Waals surface area contributed by atoms with Crippen molar-refractivity contribution >= 4 is 11.7 Å². The van der Waals surface area contributed by atoms with Gasteiger partial charge in [0, 0.05) is 6.54 Å². The number of hydrogen-bond donors (Lipinski definition) is 3. The number of benzene rings is 1. The number of hydrogen-bond acceptors (Lipinski definition) is 3. The van der Waals surface area contributed by atoms with Gasteiger partial charge in [0.2, 0.25) is 5.91 Å². The summed E-state index contributed by atoms with van der Waals surface area (Å²) in [4.78, 5) is 12.1. The Bertz CT molecular complexity index is 459. The molecule has 0 saturated heterocycles. The zero-order valence-corrected chi connectivity index (χ0v) is 12.1. The van der Waals surface area contributed by atoms with Gasteiger partial charge in [-0.05, 0) is 31.7 Å². The van der Waals surface area contributed by atoms with Crippen LogP contribution in [0.1, 0.15) is 32.3 Å². The van der Waals surface area contributed by atoms with Crippen LogP contribution in [0.2, 0.25) is 0 Å². The normalized spacial score (nSPS) is 14.6. The predicted octanol–water partition coefficient (Wildman–Crippen LogP) is 1.90. The van der Waals surface area contributed by atoms with E-state index in [0.29, 0.717) is 13.0 Å². The van der Waals surface area contributed by atoms with Crippen molar-refractivity contribution in [3.8, 4) is 0 Å². The molecule has 5 heteroatoms. The van der Waals surface area contributed by atoms with Gasteiger partial charge in [0.25, 0.3) is 0 Å². The minimum atomic E-state index is -0.957. The van der Waals surface area contributed by atoms with Crippen molar-refractivity contribution in [2.75, 3.05) is 6.54 Å². The van der Waals surface area contributed by atoms with Crippen molar-refractivity contribution in [2.45, 2.75) is 33.1 Å². The number of nitrogens with one attached hydrogen (secondary N) is 1. The molecule has 0 fully saturated rings. The molecule has 1 aromatic carbocycles. The quantitative estimate of drug-likeness (QED) is 0.234. The molecule has 0 heterocycles. The number of amides is 1. The van der Waals surface area contributed by atoms with E-state index in [4.69, 9.17) is 10.9 Å². The summed E-state index contributed by atoms with van der Waals surface area (Å²) in [5.41, 5.74) is 5.89. The molecule has 0 aliphatic carbocycles. The molecule has 0 aliphatic rings. The van der Waals surface area contributed by atoms with E-state index >= 15 is 0 Å². The van der Waals surface area contributed by atoms with Gasteiger partial charge in [0.05, 0.1) is 0 Å². The highest BCUT2D eigenvalue weighted by Crippen LogP contribution is 2.21. The topological polar surface area (TPSA) is 87.7 Å². The molecule has 1 atom stereocenters. The molecule has 5 nitrogen and oxygen atoms in total. The maximum atomic E-state index is 12.1. The van der Waals surface area contributed by atoms with Crippen LogP contribution in [-0.2, 0) is 11.2 Å². The highest BCUT2D eigenvalue weighted by Gasteiger charge is 2.35. The predicted molar refractivity (Wildman–Crippen MR) is 79.6 cm³/mol. The van der Waals surface area contributed by atoms with Gasteiger partial charge in [-0.25, -0.2) is 0 Å². The summed E-state index contributed by atoms with van der Waals surface area (Å²) >= 11 is 0. The summed E-state index contributed by atoms with van der Waals surface area (Å²) in [7, 11) is 0. The smallest absolute Gasteiger partial charge is 0.233 e. The fraction of sp³-hybridized carbons (Fsp3) is 0.467. The van der Waals surface area contributed by atoms with E-state index in [0.717, 1.165) is 12.8 Å². The largest absolute Gasteiger partial charge is 0.409 e. The number of oxime groups is 1. The Kier molecular flexibility index (Phi) is 6.03. The molecular weight excluding hydrogens is 254 g/mol. The minimum absolute atomic E-state index is 0.0550. The molecule has 0 radical (unpaired) electrons. The zero-order valence-electron chi connectivity index (χ0n) is 12.1. The van der Waals surface area contributed by atoms with E-state index in [9.17, 15) is 4.79 Å². The highest BCUT2D eigenvalue weighted by molar-refractivity contribution is 6.06. The average molecular weight is 277 g/mol. The highest BCUT2D eigenvalue weighted by atomic mass is 16.4. The SMILES string of the molecule is CCC(C)(C(=O)NCCCc1ccccc1)/C(N)=N/O. The lowest BCUT2D eigenvalue weighted by atomic mass is 9.85. The Balaban J connectivity index is 2.43. The Morgan fingerprint density at radius 1 is 1.40 bits per heavy atom. The van der Waals surface area contributed by atoms with Gasteiger partial charge in [-0.1, -0.05) is 42.4 Å². The number of carbonyl (C=O) groups is 1. The maximum absolute atomic E-state index is 12.1. The van der Waals surface area contributed by atoms with Crippen LogP contribution in [0, 0.1) is 5.41 Å². The fourth-order valence-corrected chi connectivity index (χ4v) is 1.90. The van der Waals surface area contributed by atoms with Crippen LogP contribution in [0.25, 0.3) is 0 Å². The molecule has 0 bridgehead atoms. The lowest BCUT2D eigenvalue weighted by Gasteiger charge is -2.25. The first-order valence-corrected chi connectivity index (χ1v) is 6.84. The van der Waals surface area contributed by atoms with E-state index < -0.39 is 5.41 Å². The van der Waals surface area contributed by atoms with Gasteiger partial charge in [-0.15, -0.1) is 0 Å². The Morgan fingerprint density at radius 3 is 2.60 bits per heavy atom. The van der Waals surface area contributed by atoms with Crippen LogP contribution >= 0.6 is 0 Å². The summed E-state index contributed by atoms with van der Waals surface area (Å²) < 4.78 is 0. The van der Waals surface area contributed by atoms with Gasteiger partial charge in [-0.2, -0.15) is 0 Å². The molecule has 0 aromatic heterocycles. The molecule has 1 aromatic rings. The zero-order chi connectivity index (χ0) is 15.0. The fourth-order valence-electron chi connectivity index (χ4n) is 1.90. The van der Waals surface area contributed by atoms with Crippen molar-refractivity contribution in [2.24, 2.45) is 16.3 Å². The third kappa shape index (κ3) is 3.98. The number of nitrogens with zero attached hydrogens (tertiary/aromatic N) is 1. The molecule has 110 valence electrons. The molecule has 0 spiro atoms. The molecule has 4 N–H and O–H groups in total. The van der Waals surface area contributed by atoms with Crippen molar-refractivity contribution in [1.29, 1.82) is 0 Å². The number of aryl methyl sites for hydroxylation is 1. The van der Waals surface area contributed by atoms with E-state index in [1.54, 1.807) is 6.92 Å². The van der Waals surface area contributed by atoms with Gasteiger partial charge in [0.1, 0.15) is 5.41 Å². The van der Waals surface area contributed by atoms with Crippen molar-refractivity contribution in [3.63, 3.8) is 0 Å². The Hall–Kier alpha value is -2.04. The molecule has 0 aliphatic heterocycles. The first kappa shape index (κ1) is 16.0. The first-order chi connectivity index (χ1) is 9.54.